The van der Waals surface area contributed by atoms with Crippen LogP contribution in [0.25, 0.3) is 10.8 Å². The number of hydrogen-bond acceptors (Lipinski definition) is 4. The van der Waals surface area contributed by atoms with E-state index < -0.39 is 5.97 Å². The van der Waals surface area contributed by atoms with E-state index in [4.69, 9.17) is 32.7 Å². The first kappa shape index (κ1) is 20.3. The van der Waals surface area contributed by atoms with Crippen molar-refractivity contribution >= 4 is 45.9 Å². The zero-order valence-electron chi connectivity index (χ0n) is 14.7. The fourth-order valence-electron chi connectivity index (χ4n) is 2.29. The summed E-state index contributed by atoms with van der Waals surface area (Å²) in [5, 5.41) is 2.18. The lowest BCUT2D eigenvalue weighted by atomic mass is 10.1. The Kier molecular flexibility index (Phi) is 7.49. The van der Waals surface area contributed by atoms with Crippen molar-refractivity contribution in [3.63, 3.8) is 0 Å². The Morgan fingerprint density at radius 3 is 2.35 bits per heavy atom. The standard InChI is InChI=1S/C20H20Cl2O4/c1-13(2)10-11-25-18(23)8-5-9-19(24)26-20-15-7-4-3-6-14(15)16(21)12-17(20)22/h3-4,6-7,10,12H,5,8-9,11H2,1-2H3. The van der Waals surface area contributed by atoms with Crippen LogP contribution in [0.1, 0.15) is 33.1 Å². The number of benzene rings is 2. The Bertz CT molecular complexity index is 839. The Balaban J connectivity index is 1.92. The molecule has 0 heterocycles. The normalized spacial score (nSPS) is 10.5. The van der Waals surface area contributed by atoms with Gasteiger partial charge in [-0.1, -0.05) is 53.0 Å². The lowest BCUT2D eigenvalue weighted by molar-refractivity contribution is -0.142. The van der Waals surface area contributed by atoms with Crippen molar-refractivity contribution in [1.82, 2.24) is 0 Å². The Labute approximate surface area is 162 Å². The summed E-state index contributed by atoms with van der Waals surface area (Å²) in [5.41, 5.74) is 1.08. The quantitative estimate of drug-likeness (QED) is 0.341. The predicted octanol–water partition coefficient (Wildman–Crippen LogP) is 5.73. The summed E-state index contributed by atoms with van der Waals surface area (Å²) in [6, 6.07) is 8.82. The second-order valence-electron chi connectivity index (χ2n) is 6.01. The van der Waals surface area contributed by atoms with Crippen LogP contribution >= 0.6 is 23.2 Å². The van der Waals surface area contributed by atoms with Crippen LogP contribution in [0.15, 0.2) is 42.0 Å². The molecule has 0 bridgehead atoms. The summed E-state index contributed by atoms with van der Waals surface area (Å²) in [7, 11) is 0. The molecule has 0 aliphatic heterocycles. The number of hydrogen-bond donors (Lipinski definition) is 0. The molecule has 0 atom stereocenters. The summed E-state index contributed by atoms with van der Waals surface area (Å²) >= 11 is 12.3. The fourth-order valence-corrected chi connectivity index (χ4v) is 2.87. The van der Waals surface area contributed by atoms with Crippen molar-refractivity contribution in [2.75, 3.05) is 6.61 Å². The number of halogens is 2. The predicted molar refractivity (Wildman–Crippen MR) is 104 cm³/mol. The average Bonchev–Trinajstić information content (AvgIpc) is 2.58. The van der Waals surface area contributed by atoms with Crippen LogP contribution in [0, 0.1) is 0 Å². The maximum Gasteiger partial charge on any atom is 0.311 e. The van der Waals surface area contributed by atoms with Gasteiger partial charge in [0, 0.05) is 23.6 Å². The van der Waals surface area contributed by atoms with E-state index >= 15 is 0 Å². The van der Waals surface area contributed by atoms with Crippen LogP contribution < -0.4 is 4.74 Å². The molecule has 0 aliphatic carbocycles. The van der Waals surface area contributed by atoms with Crippen LogP contribution in [0.3, 0.4) is 0 Å². The van der Waals surface area contributed by atoms with Gasteiger partial charge in [-0.3, -0.25) is 9.59 Å². The average molecular weight is 395 g/mol. The molecule has 0 spiro atoms. The maximum absolute atomic E-state index is 12.1. The molecule has 0 fully saturated rings. The van der Waals surface area contributed by atoms with E-state index in [0.717, 1.165) is 11.0 Å². The molecule has 0 amide bonds. The Morgan fingerprint density at radius 2 is 1.65 bits per heavy atom. The van der Waals surface area contributed by atoms with Crippen molar-refractivity contribution in [3.8, 4) is 5.75 Å². The number of carbonyl (C=O) groups is 2. The van der Waals surface area contributed by atoms with Gasteiger partial charge in [-0.05, 0) is 32.4 Å². The van der Waals surface area contributed by atoms with Gasteiger partial charge < -0.3 is 9.47 Å². The molecule has 0 unspecified atom stereocenters. The van der Waals surface area contributed by atoms with Gasteiger partial charge in [0.05, 0.1) is 10.0 Å². The van der Waals surface area contributed by atoms with E-state index in [2.05, 4.69) is 0 Å². The van der Waals surface area contributed by atoms with Gasteiger partial charge in [0.2, 0.25) is 0 Å². The van der Waals surface area contributed by atoms with Crippen molar-refractivity contribution in [3.05, 3.63) is 52.0 Å². The van der Waals surface area contributed by atoms with E-state index in [1.807, 2.05) is 38.1 Å². The smallest absolute Gasteiger partial charge is 0.311 e. The van der Waals surface area contributed by atoms with Crippen LogP contribution in [0.5, 0.6) is 5.75 Å². The molecule has 0 N–H and O–H groups in total. The van der Waals surface area contributed by atoms with Gasteiger partial charge in [-0.15, -0.1) is 0 Å². The third-order valence-corrected chi connectivity index (χ3v) is 4.21. The minimum atomic E-state index is -0.462. The molecule has 2 rings (SSSR count). The van der Waals surface area contributed by atoms with Gasteiger partial charge in [0.15, 0.2) is 5.75 Å². The molecule has 0 aliphatic rings. The number of carbonyl (C=O) groups excluding carboxylic acids is 2. The van der Waals surface area contributed by atoms with Crippen LogP contribution in [-0.2, 0) is 14.3 Å². The molecule has 0 saturated heterocycles. The molecule has 2 aromatic rings. The number of esters is 2. The summed E-state index contributed by atoms with van der Waals surface area (Å²) in [6.45, 7) is 4.10. The van der Waals surface area contributed by atoms with Crippen LogP contribution in [0.2, 0.25) is 10.0 Å². The largest absolute Gasteiger partial charge is 0.461 e. The minimum absolute atomic E-state index is 0.0883. The zero-order valence-corrected chi connectivity index (χ0v) is 16.2. The van der Waals surface area contributed by atoms with E-state index in [1.165, 1.54) is 0 Å². The van der Waals surface area contributed by atoms with Crippen molar-refractivity contribution in [2.24, 2.45) is 0 Å². The van der Waals surface area contributed by atoms with E-state index in [0.29, 0.717) is 16.8 Å². The van der Waals surface area contributed by atoms with Crippen molar-refractivity contribution < 1.29 is 19.1 Å². The number of fused-ring (bicyclic) bond motifs is 1. The number of ether oxygens (including phenoxy) is 2. The molecule has 138 valence electrons. The van der Waals surface area contributed by atoms with E-state index in [-0.39, 0.29) is 36.2 Å². The van der Waals surface area contributed by atoms with Crippen LogP contribution in [0.4, 0.5) is 0 Å². The van der Waals surface area contributed by atoms with Crippen molar-refractivity contribution in [1.29, 1.82) is 0 Å². The lowest BCUT2D eigenvalue weighted by Gasteiger charge is -2.11. The fraction of sp³-hybridized carbons (Fsp3) is 0.300. The first-order chi connectivity index (χ1) is 12.4. The van der Waals surface area contributed by atoms with Gasteiger partial charge in [-0.25, -0.2) is 0 Å². The van der Waals surface area contributed by atoms with Gasteiger partial charge in [-0.2, -0.15) is 0 Å². The second kappa shape index (κ2) is 9.60. The number of allylic oxidation sites excluding steroid dienone is 1. The van der Waals surface area contributed by atoms with Crippen LogP contribution in [-0.4, -0.2) is 18.5 Å². The summed E-state index contributed by atoms with van der Waals surface area (Å²) in [6.07, 6.45) is 2.40. The molecule has 0 saturated carbocycles. The van der Waals surface area contributed by atoms with E-state index in [1.54, 1.807) is 12.1 Å². The molecule has 26 heavy (non-hydrogen) atoms. The summed E-state index contributed by atoms with van der Waals surface area (Å²) in [4.78, 5) is 23.7. The maximum atomic E-state index is 12.1. The second-order valence-corrected chi connectivity index (χ2v) is 6.82. The topological polar surface area (TPSA) is 52.6 Å². The minimum Gasteiger partial charge on any atom is -0.461 e. The van der Waals surface area contributed by atoms with E-state index in [9.17, 15) is 9.59 Å². The van der Waals surface area contributed by atoms with Crippen molar-refractivity contribution in [2.45, 2.75) is 33.1 Å². The molecular formula is C20H20Cl2O4. The Hall–Kier alpha value is -2.04. The molecule has 0 radical (unpaired) electrons. The van der Waals surface area contributed by atoms with Gasteiger partial charge in [0.25, 0.3) is 0 Å². The molecule has 6 heteroatoms. The molecule has 2 aromatic carbocycles. The highest BCUT2D eigenvalue weighted by atomic mass is 35.5. The highest BCUT2D eigenvalue weighted by Gasteiger charge is 2.15. The highest BCUT2D eigenvalue weighted by Crippen LogP contribution is 2.38. The number of rotatable bonds is 7. The molecular weight excluding hydrogens is 375 g/mol. The lowest BCUT2D eigenvalue weighted by Crippen LogP contribution is -2.10. The molecule has 4 nitrogen and oxygen atoms in total. The van der Waals surface area contributed by atoms with Gasteiger partial charge in [0.1, 0.15) is 6.61 Å². The monoisotopic (exact) mass is 394 g/mol. The summed E-state index contributed by atoms with van der Waals surface area (Å²) in [5.74, 6) is -0.524. The third kappa shape index (κ3) is 5.75. The van der Waals surface area contributed by atoms with Gasteiger partial charge >= 0.3 is 11.9 Å². The third-order valence-electron chi connectivity index (χ3n) is 3.61. The summed E-state index contributed by atoms with van der Waals surface area (Å²) < 4.78 is 10.5. The highest BCUT2D eigenvalue weighted by molar-refractivity contribution is 6.40. The first-order valence-electron chi connectivity index (χ1n) is 8.25. The Morgan fingerprint density at radius 1 is 1.00 bits per heavy atom. The zero-order chi connectivity index (χ0) is 19.1. The first-order valence-corrected chi connectivity index (χ1v) is 9.00. The molecule has 0 aromatic heterocycles. The SMILES string of the molecule is CC(C)=CCOC(=O)CCCC(=O)Oc1c(Cl)cc(Cl)c2ccccc12.